The number of ether oxygens (including phenoxy) is 3. The summed E-state index contributed by atoms with van der Waals surface area (Å²) in [6.07, 6.45) is 1.98. The third-order valence-electron chi connectivity index (χ3n) is 4.37. The van der Waals surface area contributed by atoms with Gasteiger partial charge in [-0.3, -0.25) is 4.79 Å². The summed E-state index contributed by atoms with van der Waals surface area (Å²) >= 11 is 3.00. The summed E-state index contributed by atoms with van der Waals surface area (Å²) in [5.74, 6) is 1.14. The Morgan fingerprint density at radius 1 is 1.17 bits per heavy atom. The van der Waals surface area contributed by atoms with Crippen LogP contribution in [0.1, 0.15) is 17.3 Å². The molecule has 0 fully saturated rings. The van der Waals surface area contributed by atoms with Crippen LogP contribution in [0.4, 0.5) is 0 Å². The molecule has 0 bridgehead atoms. The second kappa shape index (κ2) is 9.96. The van der Waals surface area contributed by atoms with Crippen molar-refractivity contribution in [3.8, 4) is 11.5 Å². The summed E-state index contributed by atoms with van der Waals surface area (Å²) in [5.41, 5.74) is 1.41. The smallest absolute Gasteiger partial charge is 0.279 e. The number of methoxy groups -OCH3 is 2. The lowest BCUT2D eigenvalue weighted by Gasteiger charge is -2.10. The second-order valence-corrected chi connectivity index (χ2v) is 7.89. The molecule has 2 aromatic carbocycles. The van der Waals surface area contributed by atoms with Crippen molar-refractivity contribution < 1.29 is 19.0 Å². The highest BCUT2D eigenvalue weighted by Crippen LogP contribution is 2.35. The van der Waals surface area contributed by atoms with E-state index in [2.05, 4.69) is 4.99 Å². The molecule has 0 atom stereocenters. The van der Waals surface area contributed by atoms with Gasteiger partial charge in [-0.2, -0.15) is 4.99 Å². The Balaban J connectivity index is 2.17. The first-order valence-corrected chi connectivity index (χ1v) is 11.2. The summed E-state index contributed by atoms with van der Waals surface area (Å²) in [4.78, 5) is 18.9. The van der Waals surface area contributed by atoms with Crippen molar-refractivity contribution in [1.82, 2.24) is 4.57 Å². The number of nitrogens with zero attached hydrogens (tertiary/aromatic N) is 2. The molecule has 0 saturated heterocycles. The molecule has 0 aliphatic rings. The number of fused-ring (bicyclic) bond motifs is 1. The Morgan fingerprint density at radius 3 is 2.62 bits per heavy atom. The van der Waals surface area contributed by atoms with E-state index in [1.165, 1.54) is 11.3 Å². The Labute approximate surface area is 178 Å². The van der Waals surface area contributed by atoms with Gasteiger partial charge in [0.2, 0.25) is 0 Å². The fourth-order valence-electron chi connectivity index (χ4n) is 2.95. The van der Waals surface area contributed by atoms with Crippen LogP contribution in [0.5, 0.6) is 11.5 Å². The summed E-state index contributed by atoms with van der Waals surface area (Å²) in [7, 11) is 3.25. The maximum atomic E-state index is 12.9. The van der Waals surface area contributed by atoms with Gasteiger partial charge >= 0.3 is 0 Å². The minimum atomic E-state index is -0.282. The van der Waals surface area contributed by atoms with Gasteiger partial charge < -0.3 is 18.8 Å². The molecule has 0 aliphatic carbocycles. The topological polar surface area (TPSA) is 62.1 Å². The number of thioether (sulfide) groups is 1. The van der Waals surface area contributed by atoms with Gasteiger partial charge in [0.25, 0.3) is 5.91 Å². The van der Waals surface area contributed by atoms with Crippen LogP contribution in [0.15, 0.2) is 46.3 Å². The highest BCUT2D eigenvalue weighted by atomic mass is 32.2. The fraction of sp³-hybridized carbons (Fsp3) is 0.333. The molecular weight excluding hydrogens is 408 g/mol. The lowest BCUT2D eigenvalue weighted by Crippen LogP contribution is -2.20. The molecule has 0 radical (unpaired) electrons. The van der Waals surface area contributed by atoms with Crippen LogP contribution in [0.2, 0.25) is 0 Å². The van der Waals surface area contributed by atoms with E-state index >= 15 is 0 Å². The van der Waals surface area contributed by atoms with E-state index in [0.29, 0.717) is 41.6 Å². The first-order valence-electron chi connectivity index (χ1n) is 9.18. The van der Waals surface area contributed by atoms with Crippen LogP contribution >= 0.6 is 23.1 Å². The number of rotatable bonds is 8. The van der Waals surface area contributed by atoms with Gasteiger partial charge in [-0.05, 0) is 43.5 Å². The maximum Gasteiger partial charge on any atom is 0.279 e. The number of hydrogen-bond donors (Lipinski definition) is 0. The lowest BCUT2D eigenvalue weighted by molar-refractivity contribution is 0.0996. The minimum Gasteiger partial charge on any atom is -0.495 e. The van der Waals surface area contributed by atoms with Crippen molar-refractivity contribution in [2.24, 2.45) is 4.99 Å². The van der Waals surface area contributed by atoms with E-state index in [4.69, 9.17) is 14.2 Å². The van der Waals surface area contributed by atoms with Crippen molar-refractivity contribution in [3.63, 3.8) is 0 Å². The van der Waals surface area contributed by atoms with Crippen molar-refractivity contribution in [1.29, 1.82) is 0 Å². The molecule has 1 amide bonds. The van der Waals surface area contributed by atoms with Crippen molar-refractivity contribution >= 4 is 39.2 Å². The zero-order valence-electron chi connectivity index (χ0n) is 16.9. The number of carbonyl (C=O) groups is 1. The quantitative estimate of drug-likeness (QED) is 0.394. The summed E-state index contributed by atoms with van der Waals surface area (Å²) in [6, 6.07) is 11.2. The van der Waals surface area contributed by atoms with E-state index in [-0.39, 0.29) is 5.91 Å². The lowest BCUT2D eigenvalue weighted by atomic mass is 10.2. The molecule has 0 saturated carbocycles. The molecule has 8 heteroatoms. The third kappa shape index (κ3) is 4.66. The first-order chi connectivity index (χ1) is 14.1. The Morgan fingerprint density at radius 2 is 1.93 bits per heavy atom. The average Bonchev–Trinajstić information content (AvgIpc) is 3.11. The molecule has 154 valence electrons. The zero-order chi connectivity index (χ0) is 20.8. The largest absolute Gasteiger partial charge is 0.495 e. The van der Waals surface area contributed by atoms with E-state index < -0.39 is 0 Å². The maximum absolute atomic E-state index is 12.9. The van der Waals surface area contributed by atoms with Crippen LogP contribution < -0.4 is 14.3 Å². The summed E-state index contributed by atoms with van der Waals surface area (Å²) in [5, 5.41) is 0. The van der Waals surface area contributed by atoms with Gasteiger partial charge in [0.1, 0.15) is 21.7 Å². The number of amides is 1. The van der Waals surface area contributed by atoms with E-state index in [9.17, 15) is 4.79 Å². The monoisotopic (exact) mass is 432 g/mol. The minimum absolute atomic E-state index is 0.282. The Bertz CT molecular complexity index is 1070. The van der Waals surface area contributed by atoms with Gasteiger partial charge in [0.05, 0.1) is 20.8 Å². The first kappa shape index (κ1) is 21.4. The normalized spacial score (nSPS) is 11.8. The van der Waals surface area contributed by atoms with Crippen molar-refractivity contribution in [2.45, 2.75) is 18.4 Å². The molecule has 1 heterocycles. The SMILES string of the molecule is CCOCCn1c(=NC(=O)c2cccc(SC)c2)sc2c(OC)ccc(OC)c21. The zero-order valence-corrected chi connectivity index (χ0v) is 18.6. The number of thiazole rings is 1. The van der Waals surface area contributed by atoms with Crippen LogP contribution in [-0.2, 0) is 11.3 Å². The average molecular weight is 433 g/mol. The molecule has 3 aromatic rings. The van der Waals surface area contributed by atoms with Crippen molar-refractivity contribution in [2.75, 3.05) is 33.7 Å². The molecule has 6 nitrogen and oxygen atoms in total. The molecule has 0 spiro atoms. The number of benzene rings is 2. The van der Waals surface area contributed by atoms with Crippen molar-refractivity contribution in [3.05, 3.63) is 46.8 Å². The van der Waals surface area contributed by atoms with Gasteiger partial charge in [-0.25, -0.2) is 0 Å². The van der Waals surface area contributed by atoms with Gasteiger partial charge in [0.15, 0.2) is 4.80 Å². The Kier molecular flexibility index (Phi) is 7.35. The molecule has 1 aromatic heterocycles. The molecule has 3 rings (SSSR count). The van der Waals surface area contributed by atoms with Crippen LogP contribution in [-0.4, -0.2) is 44.2 Å². The van der Waals surface area contributed by atoms with Crippen LogP contribution in [0, 0.1) is 0 Å². The summed E-state index contributed by atoms with van der Waals surface area (Å²) in [6.45, 7) is 3.63. The van der Waals surface area contributed by atoms with Crippen LogP contribution in [0.25, 0.3) is 10.2 Å². The highest BCUT2D eigenvalue weighted by molar-refractivity contribution is 7.98. The number of hydrogen-bond acceptors (Lipinski definition) is 6. The summed E-state index contributed by atoms with van der Waals surface area (Å²) < 4.78 is 19.5. The second-order valence-electron chi connectivity index (χ2n) is 6.03. The van der Waals surface area contributed by atoms with Crippen LogP contribution in [0.3, 0.4) is 0 Å². The molecular formula is C21H24N2O4S2. The van der Waals surface area contributed by atoms with E-state index in [1.807, 2.05) is 48.1 Å². The number of aromatic nitrogens is 1. The molecule has 0 unspecified atom stereocenters. The van der Waals surface area contributed by atoms with Gasteiger partial charge in [-0.15, -0.1) is 11.8 Å². The molecule has 0 N–H and O–H groups in total. The van der Waals surface area contributed by atoms with E-state index in [1.54, 1.807) is 32.0 Å². The Hall–Kier alpha value is -2.29. The fourth-order valence-corrected chi connectivity index (χ4v) is 4.58. The molecule has 29 heavy (non-hydrogen) atoms. The van der Waals surface area contributed by atoms with Gasteiger partial charge in [0, 0.05) is 23.6 Å². The predicted octanol–water partition coefficient (Wildman–Crippen LogP) is 4.22. The van der Waals surface area contributed by atoms with Gasteiger partial charge in [-0.1, -0.05) is 17.4 Å². The number of carbonyl (C=O) groups excluding carboxylic acids is 1. The van der Waals surface area contributed by atoms with E-state index in [0.717, 1.165) is 15.1 Å². The highest BCUT2D eigenvalue weighted by Gasteiger charge is 2.17. The third-order valence-corrected chi connectivity index (χ3v) is 6.19. The molecule has 0 aliphatic heterocycles. The predicted molar refractivity (Wildman–Crippen MR) is 118 cm³/mol. The standard InChI is InChI=1S/C21H24N2O4S2/c1-5-27-12-11-23-18-16(25-2)9-10-17(26-3)19(18)29-21(23)22-20(24)14-7-6-8-15(13-14)28-4/h6-10,13H,5,11-12H2,1-4H3.